The monoisotopic (exact) mass is 289 g/mol. The molecule has 1 saturated carbocycles. The van der Waals surface area contributed by atoms with Crippen molar-refractivity contribution in [1.29, 1.82) is 0 Å². The third kappa shape index (κ3) is 5.03. The van der Waals surface area contributed by atoms with Crippen LogP contribution in [0.2, 0.25) is 0 Å². The molecule has 0 aliphatic heterocycles. The second-order valence-corrected chi connectivity index (χ2v) is 7.60. The highest BCUT2D eigenvalue weighted by atomic mass is 16.5. The van der Waals surface area contributed by atoms with Gasteiger partial charge in [-0.15, -0.1) is 0 Å². The first kappa shape index (κ1) is 16.4. The summed E-state index contributed by atoms with van der Waals surface area (Å²) in [5.74, 6) is 2.46. The summed E-state index contributed by atoms with van der Waals surface area (Å²) < 4.78 is 5.79. The molecule has 2 rings (SSSR count). The Morgan fingerprint density at radius 1 is 1.14 bits per heavy atom. The SMILES string of the molecule is CC(C)(C)C1CCC(N)C(CCCOc2ccccc2)C1. The molecule has 2 N–H and O–H groups in total. The fraction of sp³-hybridized carbons (Fsp3) is 0.684. The van der Waals surface area contributed by atoms with Crippen molar-refractivity contribution in [3.05, 3.63) is 30.3 Å². The second kappa shape index (κ2) is 7.31. The van der Waals surface area contributed by atoms with Crippen molar-refractivity contribution >= 4 is 0 Å². The summed E-state index contributed by atoms with van der Waals surface area (Å²) in [7, 11) is 0. The van der Waals surface area contributed by atoms with Crippen LogP contribution in [0.15, 0.2) is 30.3 Å². The predicted octanol–water partition coefficient (Wildman–Crippen LogP) is 4.64. The molecule has 0 spiro atoms. The van der Waals surface area contributed by atoms with Crippen LogP contribution in [0.4, 0.5) is 0 Å². The molecule has 1 aromatic carbocycles. The standard InChI is InChI=1S/C19H31NO/c1-19(2,3)16-11-12-18(20)15(14-16)8-7-13-21-17-9-5-4-6-10-17/h4-6,9-10,15-16,18H,7-8,11-14,20H2,1-3H3. The molecule has 0 bridgehead atoms. The Balaban J connectivity index is 1.73. The Hall–Kier alpha value is -1.02. The van der Waals surface area contributed by atoms with Crippen molar-refractivity contribution in [2.24, 2.45) is 23.0 Å². The number of hydrogen-bond acceptors (Lipinski definition) is 2. The highest BCUT2D eigenvalue weighted by Gasteiger charge is 2.33. The van der Waals surface area contributed by atoms with Crippen LogP contribution in [0.1, 0.15) is 52.9 Å². The maximum Gasteiger partial charge on any atom is 0.119 e. The lowest BCUT2D eigenvalue weighted by atomic mass is 9.67. The highest BCUT2D eigenvalue weighted by molar-refractivity contribution is 5.20. The average molecular weight is 289 g/mol. The Kier molecular flexibility index (Phi) is 5.69. The van der Waals surface area contributed by atoms with Crippen LogP contribution >= 0.6 is 0 Å². The molecule has 21 heavy (non-hydrogen) atoms. The number of para-hydroxylation sites is 1. The lowest BCUT2D eigenvalue weighted by Gasteiger charge is -2.40. The summed E-state index contributed by atoms with van der Waals surface area (Å²) in [6.07, 6.45) is 6.06. The molecule has 2 heteroatoms. The van der Waals surface area contributed by atoms with Crippen LogP contribution < -0.4 is 10.5 Å². The van der Waals surface area contributed by atoms with E-state index in [4.69, 9.17) is 10.5 Å². The molecule has 1 aliphatic carbocycles. The molecule has 3 unspecified atom stereocenters. The molecule has 118 valence electrons. The van der Waals surface area contributed by atoms with E-state index in [0.717, 1.165) is 24.7 Å². The maximum atomic E-state index is 6.34. The molecule has 0 heterocycles. The van der Waals surface area contributed by atoms with Gasteiger partial charge >= 0.3 is 0 Å². The molecule has 0 radical (unpaired) electrons. The molecule has 1 aliphatic rings. The van der Waals surface area contributed by atoms with E-state index in [9.17, 15) is 0 Å². The molecule has 1 aromatic rings. The molecule has 2 nitrogen and oxygen atoms in total. The number of nitrogens with two attached hydrogens (primary N) is 1. The quantitative estimate of drug-likeness (QED) is 0.802. The van der Waals surface area contributed by atoms with Crippen LogP contribution in [0, 0.1) is 17.3 Å². The number of ether oxygens (including phenoxy) is 1. The summed E-state index contributed by atoms with van der Waals surface area (Å²) in [5.41, 5.74) is 6.75. The van der Waals surface area contributed by atoms with E-state index in [-0.39, 0.29) is 0 Å². The first-order chi connectivity index (χ1) is 9.97. The van der Waals surface area contributed by atoms with Gasteiger partial charge in [-0.25, -0.2) is 0 Å². The van der Waals surface area contributed by atoms with E-state index < -0.39 is 0 Å². The van der Waals surface area contributed by atoms with Crippen molar-refractivity contribution in [2.45, 2.75) is 58.9 Å². The zero-order valence-electron chi connectivity index (χ0n) is 13.8. The molecular formula is C19H31NO. The van der Waals surface area contributed by atoms with E-state index in [2.05, 4.69) is 20.8 Å². The number of benzene rings is 1. The fourth-order valence-corrected chi connectivity index (χ4v) is 3.46. The Morgan fingerprint density at radius 2 is 1.86 bits per heavy atom. The highest BCUT2D eigenvalue weighted by Crippen LogP contribution is 2.41. The van der Waals surface area contributed by atoms with Crippen molar-refractivity contribution in [2.75, 3.05) is 6.61 Å². The van der Waals surface area contributed by atoms with E-state index in [1.54, 1.807) is 0 Å². The largest absolute Gasteiger partial charge is 0.494 e. The van der Waals surface area contributed by atoms with Gasteiger partial charge in [0.15, 0.2) is 0 Å². The smallest absolute Gasteiger partial charge is 0.119 e. The average Bonchev–Trinajstić information content (AvgIpc) is 2.45. The van der Waals surface area contributed by atoms with Crippen LogP contribution in [0.25, 0.3) is 0 Å². The van der Waals surface area contributed by atoms with Crippen LogP contribution in [0.3, 0.4) is 0 Å². The fourth-order valence-electron chi connectivity index (χ4n) is 3.46. The van der Waals surface area contributed by atoms with Gasteiger partial charge in [-0.1, -0.05) is 39.0 Å². The zero-order valence-corrected chi connectivity index (χ0v) is 13.8. The van der Waals surface area contributed by atoms with E-state index in [1.807, 2.05) is 30.3 Å². The van der Waals surface area contributed by atoms with Crippen molar-refractivity contribution in [3.8, 4) is 5.75 Å². The summed E-state index contributed by atoms with van der Waals surface area (Å²) in [5, 5.41) is 0. The van der Waals surface area contributed by atoms with Crippen LogP contribution in [-0.4, -0.2) is 12.6 Å². The summed E-state index contributed by atoms with van der Waals surface area (Å²) in [6.45, 7) is 7.89. The van der Waals surface area contributed by atoms with Gasteiger partial charge < -0.3 is 10.5 Å². The third-order valence-electron chi connectivity index (χ3n) is 5.00. The summed E-state index contributed by atoms with van der Waals surface area (Å²) >= 11 is 0. The van der Waals surface area contributed by atoms with E-state index in [0.29, 0.717) is 17.4 Å². The lowest BCUT2D eigenvalue weighted by Crippen LogP contribution is -2.39. The zero-order chi connectivity index (χ0) is 15.3. The van der Waals surface area contributed by atoms with Gasteiger partial charge in [-0.2, -0.15) is 0 Å². The minimum absolute atomic E-state index is 0.389. The Morgan fingerprint density at radius 3 is 2.52 bits per heavy atom. The lowest BCUT2D eigenvalue weighted by molar-refractivity contribution is 0.118. The summed E-state index contributed by atoms with van der Waals surface area (Å²) in [6, 6.07) is 10.5. The van der Waals surface area contributed by atoms with Gasteiger partial charge in [0.05, 0.1) is 6.61 Å². The van der Waals surface area contributed by atoms with E-state index >= 15 is 0 Å². The molecule has 0 saturated heterocycles. The first-order valence-electron chi connectivity index (χ1n) is 8.40. The van der Waals surface area contributed by atoms with Crippen molar-refractivity contribution in [1.82, 2.24) is 0 Å². The second-order valence-electron chi connectivity index (χ2n) is 7.60. The minimum atomic E-state index is 0.389. The van der Waals surface area contributed by atoms with Gasteiger partial charge in [0.1, 0.15) is 5.75 Å². The molecule has 1 fully saturated rings. The van der Waals surface area contributed by atoms with Gasteiger partial charge in [-0.3, -0.25) is 0 Å². The normalized spacial score (nSPS) is 26.6. The maximum absolute atomic E-state index is 6.34. The predicted molar refractivity (Wildman–Crippen MR) is 89.4 cm³/mol. The van der Waals surface area contributed by atoms with E-state index in [1.165, 1.54) is 25.7 Å². The van der Waals surface area contributed by atoms with Gasteiger partial charge in [0.25, 0.3) is 0 Å². The molecular weight excluding hydrogens is 258 g/mol. The number of rotatable bonds is 5. The Bertz CT molecular complexity index is 409. The topological polar surface area (TPSA) is 35.2 Å². The molecule has 0 aromatic heterocycles. The van der Waals surface area contributed by atoms with Crippen molar-refractivity contribution < 1.29 is 4.74 Å². The minimum Gasteiger partial charge on any atom is -0.494 e. The first-order valence-corrected chi connectivity index (χ1v) is 8.40. The number of hydrogen-bond donors (Lipinski definition) is 1. The molecule has 0 amide bonds. The van der Waals surface area contributed by atoms with Gasteiger partial charge in [0.2, 0.25) is 0 Å². The summed E-state index contributed by atoms with van der Waals surface area (Å²) in [4.78, 5) is 0. The van der Waals surface area contributed by atoms with Gasteiger partial charge in [-0.05, 0) is 61.5 Å². The van der Waals surface area contributed by atoms with Crippen LogP contribution in [0.5, 0.6) is 5.75 Å². The van der Waals surface area contributed by atoms with Crippen LogP contribution in [-0.2, 0) is 0 Å². The van der Waals surface area contributed by atoms with Gasteiger partial charge in [0, 0.05) is 6.04 Å². The Labute approximate surface area is 130 Å². The van der Waals surface area contributed by atoms with Crippen molar-refractivity contribution in [3.63, 3.8) is 0 Å². The third-order valence-corrected chi connectivity index (χ3v) is 5.00. The molecule has 3 atom stereocenters.